The molecule has 0 bridgehead atoms. The molecule has 0 fully saturated rings. The van der Waals surface area contributed by atoms with E-state index in [1.165, 1.54) is 24.3 Å². The SMILES string of the molecule is Nc1ccc(-c2cccc(OC(F)(F)F)c2)c(C(=O)O)n1. The van der Waals surface area contributed by atoms with Gasteiger partial charge in [0.05, 0.1) is 0 Å². The summed E-state index contributed by atoms with van der Waals surface area (Å²) in [4.78, 5) is 14.8. The number of nitrogens with two attached hydrogens (primary N) is 1. The van der Waals surface area contributed by atoms with Crippen molar-refractivity contribution in [2.75, 3.05) is 5.73 Å². The minimum Gasteiger partial charge on any atom is -0.476 e. The van der Waals surface area contributed by atoms with Crippen LogP contribution in [0.3, 0.4) is 0 Å². The monoisotopic (exact) mass is 298 g/mol. The number of carboxylic acids is 1. The molecule has 2 aromatic rings. The molecule has 0 amide bonds. The number of halogens is 3. The zero-order valence-corrected chi connectivity index (χ0v) is 10.4. The zero-order chi connectivity index (χ0) is 15.6. The summed E-state index contributed by atoms with van der Waals surface area (Å²) in [6.45, 7) is 0. The predicted molar refractivity (Wildman–Crippen MR) is 67.7 cm³/mol. The molecule has 1 aromatic heterocycles. The number of ether oxygens (including phenoxy) is 1. The predicted octanol–water partition coefficient (Wildman–Crippen LogP) is 2.93. The largest absolute Gasteiger partial charge is 0.573 e. The van der Waals surface area contributed by atoms with E-state index in [1.54, 1.807) is 0 Å². The van der Waals surface area contributed by atoms with Crippen LogP contribution in [0.5, 0.6) is 5.75 Å². The fraction of sp³-hybridized carbons (Fsp3) is 0.0769. The van der Waals surface area contributed by atoms with Gasteiger partial charge in [-0.3, -0.25) is 0 Å². The van der Waals surface area contributed by atoms with E-state index in [4.69, 9.17) is 10.8 Å². The first kappa shape index (κ1) is 14.6. The van der Waals surface area contributed by atoms with Crippen molar-refractivity contribution in [2.24, 2.45) is 0 Å². The Kier molecular flexibility index (Phi) is 3.70. The van der Waals surface area contributed by atoms with Crippen molar-refractivity contribution in [1.29, 1.82) is 0 Å². The molecule has 0 aliphatic carbocycles. The second kappa shape index (κ2) is 5.31. The Labute approximate surface area is 116 Å². The molecule has 0 saturated heterocycles. The Bertz CT molecular complexity index is 687. The lowest BCUT2D eigenvalue weighted by Gasteiger charge is -2.11. The maximum Gasteiger partial charge on any atom is 0.573 e. The Balaban J connectivity index is 2.48. The molecular weight excluding hydrogens is 289 g/mol. The summed E-state index contributed by atoms with van der Waals surface area (Å²) >= 11 is 0. The summed E-state index contributed by atoms with van der Waals surface area (Å²) in [6, 6.07) is 7.69. The minimum atomic E-state index is -4.83. The fourth-order valence-corrected chi connectivity index (χ4v) is 1.73. The summed E-state index contributed by atoms with van der Waals surface area (Å²) in [7, 11) is 0. The Morgan fingerprint density at radius 3 is 2.57 bits per heavy atom. The fourth-order valence-electron chi connectivity index (χ4n) is 1.73. The quantitative estimate of drug-likeness (QED) is 0.910. The van der Waals surface area contributed by atoms with Gasteiger partial charge in [0, 0.05) is 5.56 Å². The highest BCUT2D eigenvalue weighted by Crippen LogP contribution is 2.29. The molecule has 0 radical (unpaired) electrons. The van der Waals surface area contributed by atoms with E-state index in [1.807, 2.05) is 0 Å². The summed E-state index contributed by atoms with van der Waals surface area (Å²) in [6.07, 6.45) is -4.83. The molecule has 2 rings (SSSR count). The van der Waals surface area contributed by atoms with Crippen LogP contribution in [0, 0.1) is 0 Å². The number of alkyl halides is 3. The number of benzene rings is 1. The van der Waals surface area contributed by atoms with Crippen molar-refractivity contribution < 1.29 is 27.8 Å². The van der Waals surface area contributed by atoms with Crippen LogP contribution in [0.25, 0.3) is 11.1 Å². The molecule has 3 N–H and O–H groups in total. The van der Waals surface area contributed by atoms with E-state index in [0.717, 1.165) is 12.1 Å². The van der Waals surface area contributed by atoms with Gasteiger partial charge in [-0.05, 0) is 29.8 Å². The smallest absolute Gasteiger partial charge is 0.476 e. The third kappa shape index (κ3) is 3.62. The van der Waals surface area contributed by atoms with Gasteiger partial charge >= 0.3 is 12.3 Å². The number of nitrogen functional groups attached to an aromatic ring is 1. The first-order valence-electron chi connectivity index (χ1n) is 5.62. The second-order valence-electron chi connectivity index (χ2n) is 4.01. The normalized spacial score (nSPS) is 11.2. The van der Waals surface area contributed by atoms with Crippen LogP contribution in [0.1, 0.15) is 10.5 Å². The average molecular weight is 298 g/mol. The summed E-state index contributed by atoms with van der Waals surface area (Å²) in [5.41, 5.74) is 5.43. The van der Waals surface area contributed by atoms with Crippen molar-refractivity contribution in [3.05, 3.63) is 42.1 Å². The number of nitrogens with zero attached hydrogens (tertiary/aromatic N) is 1. The van der Waals surface area contributed by atoms with Crippen molar-refractivity contribution in [3.63, 3.8) is 0 Å². The molecule has 0 spiro atoms. The summed E-state index contributed by atoms with van der Waals surface area (Å²) < 4.78 is 40.4. The van der Waals surface area contributed by atoms with Crippen LogP contribution in [0.4, 0.5) is 19.0 Å². The van der Waals surface area contributed by atoms with Gasteiger partial charge in [0.1, 0.15) is 11.6 Å². The number of pyridine rings is 1. The number of rotatable bonds is 3. The second-order valence-corrected chi connectivity index (χ2v) is 4.01. The molecule has 110 valence electrons. The van der Waals surface area contributed by atoms with Crippen LogP contribution < -0.4 is 10.5 Å². The van der Waals surface area contributed by atoms with E-state index in [-0.39, 0.29) is 22.6 Å². The number of hydrogen-bond acceptors (Lipinski definition) is 4. The topological polar surface area (TPSA) is 85.4 Å². The highest BCUT2D eigenvalue weighted by molar-refractivity contribution is 5.94. The van der Waals surface area contributed by atoms with Gasteiger partial charge in [-0.1, -0.05) is 12.1 Å². The van der Waals surface area contributed by atoms with Gasteiger partial charge in [-0.15, -0.1) is 13.2 Å². The summed E-state index contributed by atoms with van der Waals surface area (Å²) in [5, 5.41) is 9.08. The maximum absolute atomic E-state index is 12.2. The molecule has 0 aliphatic rings. The van der Waals surface area contributed by atoms with E-state index >= 15 is 0 Å². The van der Waals surface area contributed by atoms with Gasteiger partial charge in [0.15, 0.2) is 5.69 Å². The first-order chi connectivity index (χ1) is 9.76. The van der Waals surface area contributed by atoms with E-state index in [0.29, 0.717) is 0 Å². The molecule has 1 heterocycles. The van der Waals surface area contributed by atoms with Crippen molar-refractivity contribution >= 4 is 11.8 Å². The molecule has 5 nitrogen and oxygen atoms in total. The lowest BCUT2D eigenvalue weighted by molar-refractivity contribution is -0.274. The Hall–Kier alpha value is -2.77. The van der Waals surface area contributed by atoms with Crippen LogP contribution >= 0.6 is 0 Å². The molecule has 21 heavy (non-hydrogen) atoms. The number of hydrogen-bond donors (Lipinski definition) is 2. The number of carbonyl (C=O) groups is 1. The molecule has 0 saturated carbocycles. The Morgan fingerprint density at radius 2 is 1.95 bits per heavy atom. The number of aromatic nitrogens is 1. The third-order valence-electron chi connectivity index (χ3n) is 2.50. The molecule has 0 unspecified atom stereocenters. The number of carboxylic acid groups (broad SMARTS) is 1. The lowest BCUT2D eigenvalue weighted by atomic mass is 10.0. The average Bonchev–Trinajstić information content (AvgIpc) is 2.36. The standard InChI is InChI=1S/C13H9F3N2O3/c14-13(15,16)21-8-3-1-2-7(6-8)9-4-5-10(17)18-11(9)12(19)20/h1-6H,(H2,17,18)(H,19,20). The third-order valence-corrected chi connectivity index (χ3v) is 2.50. The summed E-state index contributed by atoms with van der Waals surface area (Å²) in [5.74, 6) is -1.79. The molecule has 1 aromatic carbocycles. The number of anilines is 1. The minimum absolute atomic E-state index is 0.00107. The van der Waals surface area contributed by atoms with E-state index < -0.39 is 18.1 Å². The van der Waals surface area contributed by atoms with Crippen molar-refractivity contribution in [3.8, 4) is 16.9 Å². The van der Waals surface area contributed by atoms with E-state index in [2.05, 4.69) is 9.72 Å². The van der Waals surface area contributed by atoms with Gasteiger partial charge in [0.25, 0.3) is 0 Å². The van der Waals surface area contributed by atoms with Gasteiger partial charge < -0.3 is 15.6 Å². The van der Waals surface area contributed by atoms with Crippen LogP contribution in [0.15, 0.2) is 36.4 Å². The Morgan fingerprint density at radius 1 is 1.24 bits per heavy atom. The van der Waals surface area contributed by atoms with Crippen molar-refractivity contribution in [1.82, 2.24) is 4.98 Å². The molecular formula is C13H9F3N2O3. The van der Waals surface area contributed by atoms with Gasteiger partial charge in [-0.2, -0.15) is 0 Å². The highest BCUT2D eigenvalue weighted by atomic mass is 19.4. The first-order valence-corrected chi connectivity index (χ1v) is 5.62. The highest BCUT2D eigenvalue weighted by Gasteiger charge is 2.31. The van der Waals surface area contributed by atoms with Crippen LogP contribution in [-0.4, -0.2) is 22.4 Å². The molecule has 0 atom stereocenters. The molecule has 0 aliphatic heterocycles. The number of aromatic carboxylic acids is 1. The van der Waals surface area contributed by atoms with E-state index in [9.17, 15) is 18.0 Å². The van der Waals surface area contributed by atoms with Gasteiger partial charge in [-0.25, -0.2) is 9.78 Å². The lowest BCUT2D eigenvalue weighted by Crippen LogP contribution is -2.17. The molecule has 8 heteroatoms. The van der Waals surface area contributed by atoms with Gasteiger partial charge in [0.2, 0.25) is 0 Å². The van der Waals surface area contributed by atoms with Crippen molar-refractivity contribution in [2.45, 2.75) is 6.36 Å². The maximum atomic E-state index is 12.2. The van der Waals surface area contributed by atoms with Crippen LogP contribution in [-0.2, 0) is 0 Å². The zero-order valence-electron chi connectivity index (χ0n) is 10.4. The van der Waals surface area contributed by atoms with Crippen LogP contribution in [0.2, 0.25) is 0 Å².